The molecule has 0 unspecified atom stereocenters. The third kappa shape index (κ3) is 4.06. The van der Waals surface area contributed by atoms with Crippen molar-refractivity contribution < 1.29 is 19.2 Å². The first kappa shape index (κ1) is 19.1. The minimum Gasteiger partial charge on any atom is -0.493 e. The number of hydrogen-bond donors (Lipinski definition) is 2. The van der Waals surface area contributed by atoms with Gasteiger partial charge in [0.15, 0.2) is 10.9 Å². The summed E-state index contributed by atoms with van der Waals surface area (Å²) in [6.45, 7) is 1.86. The first-order valence-corrected chi connectivity index (χ1v) is 8.21. The molecule has 0 atom stereocenters. The van der Waals surface area contributed by atoms with Gasteiger partial charge in [-0.05, 0) is 12.5 Å². The average Bonchev–Trinajstić information content (AvgIpc) is 3.01. The zero-order valence-corrected chi connectivity index (χ0v) is 15.1. The van der Waals surface area contributed by atoms with Gasteiger partial charge in [0.1, 0.15) is 4.88 Å². The van der Waals surface area contributed by atoms with Crippen LogP contribution < -0.4 is 20.6 Å². The number of methoxy groups -OCH3 is 2. The Morgan fingerprint density at radius 2 is 2.19 bits per heavy atom. The molecule has 0 spiro atoms. The van der Waals surface area contributed by atoms with E-state index in [0.717, 1.165) is 11.3 Å². The van der Waals surface area contributed by atoms with Crippen LogP contribution in [0.3, 0.4) is 0 Å². The maximum Gasteiger partial charge on any atom is 0.315 e. The summed E-state index contributed by atoms with van der Waals surface area (Å²) >= 11 is 1.07. The Balaban J connectivity index is 2.23. The predicted octanol–water partition coefficient (Wildman–Crippen LogP) is 1.98. The number of nitrogen functional groups attached to an aromatic ring is 1. The molecular weight excluding hydrogens is 362 g/mol. The number of hydrogen-bond acceptors (Lipinski definition) is 9. The van der Waals surface area contributed by atoms with E-state index >= 15 is 0 Å². The second-order valence-corrected chi connectivity index (χ2v) is 5.94. The van der Waals surface area contributed by atoms with Gasteiger partial charge in [-0.3, -0.25) is 14.9 Å². The zero-order valence-electron chi connectivity index (χ0n) is 14.3. The van der Waals surface area contributed by atoms with Crippen LogP contribution in [0.2, 0.25) is 0 Å². The number of thiazole rings is 1. The van der Waals surface area contributed by atoms with Crippen LogP contribution >= 0.6 is 11.3 Å². The molecule has 3 N–H and O–H groups in total. The molecule has 0 aliphatic carbocycles. The Hall–Kier alpha value is -3.21. The van der Waals surface area contributed by atoms with Crippen LogP contribution in [0.15, 0.2) is 17.2 Å². The van der Waals surface area contributed by atoms with E-state index in [0.29, 0.717) is 27.7 Å². The van der Waals surface area contributed by atoms with Crippen LogP contribution in [-0.4, -0.2) is 36.2 Å². The topological polar surface area (TPSA) is 142 Å². The number of nitro groups is 1. The number of carbonyl (C=O) groups excluding carboxylic acids is 1. The van der Waals surface area contributed by atoms with Gasteiger partial charge >= 0.3 is 5.69 Å². The average molecular weight is 379 g/mol. The van der Waals surface area contributed by atoms with E-state index in [4.69, 9.17) is 15.2 Å². The van der Waals surface area contributed by atoms with Crippen molar-refractivity contribution in [3.05, 3.63) is 38.4 Å². The molecule has 11 heteroatoms. The number of nitrogens with zero attached hydrogens (tertiary/aromatic N) is 3. The van der Waals surface area contributed by atoms with E-state index in [-0.39, 0.29) is 17.2 Å². The number of anilines is 1. The van der Waals surface area contributed by atoms with Gasteiger partial charge in [-0.1, -0.05) is 18.3 Å². The Bertz CT molecular complexity index is 864. The van der Waals surface area contributed by atoms with E-state index in [1.165, 1.54) is 32.6 Å². The van der Waals surface area contributed by atoms with Crippen LogP contribution in [0, 0.1) is 10.1 Å². The van der Waals surface area contributed by atoms with Gasteiger partial charge in [-0.2, -0.15) is 5.10 Å². The molecule has 26 heavy (non-hydrogen) atoms. The SMILES string of the molecule is CCc1nc(N)sc1C(=O)N/N=C\c1cc(OC)c(OC)c([N+](=O)[O-])c1. The van der Waals surface area contributed by atoms with Crippen molar-refractivity contribution in [3.63, 3.8) is 0 Å². The number of nitro benzene ring substituents is 1. The van der Waals surface area contributed by atoms with Crippen LogP contribution in [0.1, 0.15) is 27.9 Å². The van der Waals surface area contributed by atoms with Crippen LogP contribution in [0.25, 0.3) is 0 Å². The van der Waals surface area contributed by atoms with Crippen molar-refractivity contribution in [3.8, 4) is 11.5 Å². The Labute approximate surface area is 152 Å². The highest BCUT2D eigenvalue weighted by Gasteiger charge is 2.21. The van der Waals surface area contributed by atoms with Gasteiger partial charge in [0.2, 0.25) is 5.75 Å². The fraction of sp³-hybridized carbons (Fsp3) is 0.267. The van der Waals surface area contributed by atoms with Crippen molar-refractivity contribution in [1.29, 1.82) is 0 Å². The van der Waals surface area contributed by atoms with Crippen molar-refractivity contribution in [2.24, 2.45) is 5.10 Å². The minimum absolute atomic E-state index is 0.00593. The fourth-order valence-electron chi connectivity index (χ4n) is 2.18. The predicted molar refractivity (Wildman–Crippen MR) is 97.2 cm³/mol. The van der Waals surface area contributed by atoms with Crippen molar-refractivity contribution >= 4 is 34.3 Å². The maximum atomic E-state index is 12.2. The number of hydrazone groups is 1. The molecule has 0 radical (unpaired) electrons. The summed E-state index contributed by atoms with van der Waals surface area (Å²) in [6.07, 6.45) is 1.82. The first-order valence-electron chi connectivity index (χ1n) is 7.40. The summed E-state index contributed by atoms with van der Waals surface area (Å²) in [5, 5.41) is 15.3. The molecule has 2 aromatic rings. The van der Waals surface area contributed by atoms with Crippen molar-refractivity contribution in [2.45, 2.75) is 13.3 Å². The van der Waals surface area contributed by atoms with Gasteiger partial charge in [0, 0.05) is 11.6 Å². The number of aryl methyl sites for hydroxylation is 1. The number of aromatic nitrogens is 1. The largest absolute Gasteiger partial charge is 0.493 e. The second kappa shape index (κ2) is 8.25. The molecule has 0 aliphatic heterocycles. The lowest BCUT2D eigenvalue weighted by Crippen LogP contribution is -2.17. The summed E-state index contributed by atoms with van der Waals surface area (Å²) in [4.78, 5) is 27.2. The quantitative estimate of drug-likeness (QED) is 0.425. The van der Waals surface area contributed by atoms with E-state index in [1.807, 2.05) is 6.92 Å². The van der Waals surface area contributed by atoms with Gasteiger partial charge in [0.25, 0.3) is 5.91 Å². The Kier molecular flexibility index (Phi) is 6.07. The number of ether oxygens (including phenoxy) is 2. The van der Waals surface area contributed by atoms with Crippen LogP contribution in [0.4, 0.5) is 10.8 Å². The van der Waals surface area contributed by atoms with Crippen molar-refractivity contribution in [2.75, 3.05) is 20.0 Å². The van der Waals surface area contributed by atoms with Crippen LogP contribution in [0.5, 0.6) is 11.5 Å². The van der Waals surface area contributed by atoms with Gasteiger partial charge in [-0.25, -0.2) is 10.4 Å². The van der Waals surface area contributed by atoms with Gasteiger partial charge < -0.3 is 15.2 Å². The molecule has 0 saturated carbocycles. The van der Waals surface area contributed by atoms with E-state index in [2.05, 4.69) is 15.5 Å². The number of rotatable bonds is 7. The monoisotopic (exact) mass is 379 g/mol. The highest BCUT2D eigenvalue weighted by atomic mass is 32.1. The highest BCUT2D eigenvalue weighted by molar-refractivity contribution is 7.17. The summed E-state index contributed by atoms with van der Waals surface area (Å²) in [5.41, 5.74) is 8.64. The Morgan fingerprint density at radius 3 is 2.77 bits per heavy atom. The smallest absolute Gasteiger partial charge is 0.315 e. The van der Waals surface area contributed by atoms with E-state index < -0.39 is 10.8 Å². The Morgan fingerprint density at radius 1 is 1.46 bits per heavy atom. The summed E-state index contributed by atoms with van der Waals surface area (Å²) in [7, 11) is 2.68. The van der Waals surface area contributed by atoms with E-state index in [9.17, 15) is 14.9 Å². The summed E-state index contributed by atoms with van der Waals surface area (Å²) in [5.74, 6) is -0.272. The minimum atomic E-state index is -0.592. The van der Waals surface area contributed by atoms with Gasteiger partial charge in [0.05, 0.1) is 31.1 Å². The molecule has 0 saturated heterocycles. The summed E-state index contributed by atoms with van der Waals surface area (Å²) < 4.78 is 10.1. The molecular formula is C15H17N5O5S. The number of amides is 1. The normalized spacial score (nSPS) is 10.7. The molecule has 0 fully saturated rings. The molecule has 138 valence electrons. The molecule has 1 aromatic heterocycles. The number of nitrogens with two attached hydrogens (primary N) is 1. The molecule has 1 amide bonds. The highest BCUT2D eigenvalue weighted by Crippen LogP contribution is 2.37. The molecule has 0 aliphatic rings. The number of nitrogens with one attached hydrogen (secondary N) is 1. The van der Waals surface area contributed by atoms with Gasteiger partial charge in [-0.15, -0.1) is 0 Å². The lowest BCUT2D eigenvalue weighted by Gasteiger charge is -2.08. The lowest BCUT2D eigenvalue weighted by atomic mass is 10.2. The molecule has 0 bridgehead atoms. The molecule has 1 heterocycles. The zero-order chi connectivity index (χ0) is 19.3. The standard InChI is InChI=1S/C15H17N5O5S/c1-4-9-13(26-15(16)18-9)14(21)19-17-7-8-5-10(20(22)23)12(25-3)11(6-8)24-2/h5-7H,4H2,1-3H3,(H2,16,18)(H,19,21)/b17-7-. The number of benzene rings is 1. The second-order valence-electron chi connectivity index (χ2n) is 4.91. The molecule has 2 rings (SSSR count). The molecule has 10 nitrogen and oxygen atoms in total. The fourth-order valence-corrected chi connectivity index (χ4v) is 2.99. The van der Waals surface area contributed by atoms with E-state index in [1.54, 1.807) is 0 Å². The first-order chi connectivity index (χ1) is 12.4. The lowest BCUT2D eigenvalue weighted by molar-refractivity contribution is -0.385. The summed E-state index contributed by atoms with van der Waals surface area (Å²) in [6, 6.07) is 2.77. The van der Waals surface area contributed by atoms with Crippen molar-refractivity contribution in [1.82, 2.24) is 10.4 Å². The third-order valence-corrected chi connectivity index (χ3v) is 4.24. The molecule has 1 aromatic carbocycles. The maximum absolute atomic E-state index is 12.2. The van der Waals surface area contributed by atoms with Crippen LogP contribution in [-0.2, 0) is 6.42 Å². The number of carbonyl (C=O) groups is 1. The third-order valence-electron chi connectivity index (χ3n) is 3.31.